The van der Waals surface area contributed by atoms with Crippen LogP contribution in [0, 0.1) is 0 Å². The maximum atomic E-state index is 5.35. The van der Waals surface area contributed by atoms with Crippen LogP contribution in [0.25, 0.3) is 0 Å². The summed E-state index contributed by atoms with van der Waals surface area (Å²) >= 11 is 0. The first-order valence-corrected chi connectivity index (χ1v) is 6.76. The molecule has 1 atom stereocenters. The van der Waals surface area contributed by atoms with Gasteiger partial charge in [0.1, 0.15) is 0 Å². The second-order valence-electron chi connectivity index (χ2n) is 5.94. The maximum Gasteiger partial charge on any atom is 0.0594 e. The van der Waals surface area contributed by atoms with E-state index >= 15 is 0 Å². The fourth-order valence-electron chi connectivity index (χ4n) is 1.99. The Hall–Kier alpha value is -0.160. The van der Waals surface area contributed by atoms with E-state index < -0.39 is 0 Å². The molecule has 1 unspecified atom stereocenters. The molecule has 1 heterocycles. The Labute approximate surface area is 106 Å². The van der Waals surface area contributed by atoms with Gasteiger partial charge in [0, 0.05) is 44.3 Å². The van der Waals surface area contributed by atoms with Crippen molar-refractivity contribution in [3.8, 4) is 0 Å². The number of morpholine rings is 1. The van der Waals surface area contributed by atoms with Crippen LogP contribution in [0.3, 0.4) is 0 Å². The number of ether oxygens (including phenoxy) is 1. The molecular weight excluding hydrogens is 214 g/mol. The second-order valence-corrected chi connectivity index (χ2v) is 5.94. The minimum Gasteiger partial charge on any atom is -0.379 e. The summed E-state index contributed by atoms with van der Waals surface area (Å²) in [6.45, 7) is 16.0. The summed E-state index contributed by atoms with van der Waals surface area (Å²) in [6, 6.07) is 0.551. The fraction of sp³-hybridized carbons (Fsp3) is 1.00. The van der Waals surface area contributed by atoms with Crippen molar-refractivity contribution in [3.05, 3.63) is 0 Å². The van der Waals surface area contributed by atoms with Crippen LogP contribution in [0.1, 0.15) is 27.7 Å². The van der Waals surface area contributed by atoms with Crippen molar-refractivity contribution in [2.75, 3.05) is 45.9 Å². The van der Waals surface area contributed by atoms with Crippen molar-refractivity contribution in [3.63, 3.8) is 0 Å². The zero-order chi connectivity index (χ0) is 12.7. The molecule has 1 fully saturated rings. The summed E-state index contributed by atoms with van der Waals surface area (Å²) in [5, 5.41) is 7.04. The largest absolute Gasteiger partial charge is 0.379 e. The number of nitrogens with zero attached hydrogens (tertiary/aromatic N) is 1. The summed E-state index contributed by atoms with van der Waals surface area (Å²) in [5.74, 6) is 0. The van der Waals surface area contributed by atoms with Crippen molar-refractivity contribution in [2.24, 2.45) is 0 Å². The number of nitrogens with one attached hydrogen (secondary N) is 2. The van der Waals surface area contributed by atoms with Crippen molar-refractivity contribution >= 4 is 0 Å². The summed E-state index contributed by atoms with van der Waals surface area (Å²) in [5.41, 5.74) is 0.217. The highest BCUT2D eigenvalue weighted by molar-refractivity contribution is 4.73. The van der Waals surface area contributed by atoms with Crippen molar-refractivity contribution in [2.45, 2.75) is 39.3 Å². The fourth-order valence-corrected chi connectivity index (χ4v) is 1.99. The third-order valence-electron chi connectivity index (χ3n) is 2.91. The Balaban J connectivity index is 2.02. The highest BCUT2D eigenvalue weighted by Gasteiger charge is 2.13. The van der Waals surface area contributed by atoms with Crippen LogP contribution < -0.4 is 10.6 Å². The van der Waals surface area contributed by atoms with Gasteiger partial charge in [-0.1, -0.05) is 0 Å². The van der Waals surface area contributed by atoms with E-state index in [0.717, 1.165) is 45.9 Å². The lowest BCUT2D eigenvalue weighted by atomic mass is 10.1. The van der Waals surface area contributed by atoms with Crippen LogP contribution in [-0.2, 0) is 4.74 Å². The Morgan fingerprint density at radius 3 is 2.41 bits per heavy atom. The molecule has 1 aliphatic heterocycles. The predicted octanol–water partition coefficient (Wildman–Crippen LogP) is 0.685. The molecule has 0 amide bonds. The van der Waals surface area contributed by atoms with Crippen molar-refractivity contribution in [1.29, 1.82) is 0 Å². The smallest absolute Gasteiger partial charge is 0.0594 e. The highest BCUT2D eigenvalue weighted by atomic mass is 16.5. The van der Waals surface area contributed by atoms with Gasteiger partial charge in [-0.15, -0.1) is 0 Å². The Kier molecular flexibility index (Phi) is 6.41. The molecule has 4 nitrogen and oxygen atoms in total. The van der Waals surface area contributed by atoms with Crippen molar-refractivity contribution in [1.82, 2.24) is 15.5 Å². The van der Waals surface area contributed by atoms with E-state index in [4.69, 9.17) is 4.74 Å². The molecule has 1 saturated heterocycles. The van der Waals surface area contributed by atoms with Crippen LogP contribution >= 0.6 is 0 Å². The Bertz CT molecular complexity index is 197. The van der Waals surface area contributed by atoms with Gasteiger partial charge in [-0.3, -0.25) is 4.90 Å². The molecule has 4 heteroatoms. The Morgan fingerprint density at radius 1 is 1.18 bits per heavy atom. The molecule has 1 aliphatic rings. The molecule has 2 N–H and O–H groups in total. The lowest BCUT2D eigenvalue weighted by molar-refractivity contribution is 0.0344. The lowest BCUT2D eigenvalue weighted by Crippen LogP contribution is -2.47. The first kappa shape index (κ1) is 14.9. The molecule has 0 aromatic heterocycles. The van der Waals surface area contributed by atoms with Gasteiger partial charge in [-0.05, 0) is 27.7 Å². The van der Waals surface area contributed by atoms with Gasteiger partial charge in [-0.2, -0.15) is 0 Å². The van der Waals surface area contributed by atoms with E-state index in [2.05, 4.69) is 43.2 Å². The summed E-state index contributed by atoms with van der Waals surface area (Å²) in [4.78, 5) is 2.47. The molecule has 102 valence electrons. The van der Waals surface area contributed by atoms with Crippen molar-refractivity contribution < 1.29 is 4.74 Å². The first-order valence-electron chi connectivity index (χ1n) is 6.76. The van der Waals surface area contributed by atoms with Crippen LogP contribution in [0.4, 0.5) is 0 Å². The monoisotopic (exact) mass is 243 g/mol. The lowest BCUT2D eigenvalue weighted by Gasteiger charge is -2.29. The maximum absolute atomic E-state index is 5.35. The first-order chi connectivity index (χ1) is 7.97. The van der Waals surface area contributed by atoms with Gasteiger partial charge in [0.15, 0.2) is 0 Å². The van der Waals surface area contributed by atoms with Gasteiger partial charge in [-0.25, -0.2) is 0 Å². The number of hydrogen-bond donors (Lipinski definition) is 2. The minimum atomic E-state index is 0.217. The van der Waals surface area contributed by atoms with Gasteiger partial charge in [0.2, 0.25) is 0 Å². The number of hydrogen-bond acceptors (Lipinski definition) is 4. The molecule has 17 heavy (non-hydrogen) atoms. The van der Waals surface area contributed by atoms with Gasteiger partial charge >= 0.3 is 0 Å². The molecule has 0 aromatic rings. The molecule has 0 aromatic carbocycles. The van der Waals surface area contributed by atoms with Gasteiger partial charge < -0.3 is 15.4 Å². The third kappa shape index (κ3) is 7.71. The van der Waals surface area contributed by atoms with Crippen LogP contribution in [0.2, 0.25) is 0 Å². The second kappa shape index (κ2) is 7.31. The molecule has 0 aliphatic carbocycles. The van der Waals surface area contributed by atoms with E-state index in [-0.39, 0.29) is 5.54 Å². The third-order valence-corrected chi connectivity index (χ3v) is 2.91. The topological polar surface area (TPSA) is 36.5 Å². The van der Waals surface area contributed by atoms with E-state index in [9.17, 15) is 0 Å². The van der Waals surface area contributed by atoms with Crippen LogP contribution in [-0.4, -0.2) is 62.4 Å². The van der Waals surface area contributed by atoms with Crippen LogP contribution in [0.5, 0.6) is 0 Å². The van der Waals surface area contributed by atoms with E-state index in [0.29, 0.717) is 6.04 Å². The average Bonchev–Trinajstić information content (AvgIpc) is 2.25. The van der Waals surface area contributed by atoms with Crippen LogP contribution in [0.15, 0.2) is 0 Å². The molecule has 0 spiro atoms. The normalized spacial score (nSPS) is 20.5. The SMILES string of the molecule is CC(CN1CCOCC1)NCCNC(C)(C)C. The number of rotatable bonds is 6. The summed E-state index contributed by atoms with van der Waals surface area (Å²) in [7, 11) is 0. The molecule has 1 rings (SSSR count). The molecule has 0 saturated carbocycles. The van der Waals surface area contributed by atoms with E-state index in [1.807, 2.05) is 0 Å². The van der Waals surface area contributed by atoms with Gasteiger partial charge in [0.25, 0.3) is 0 Å². The molecular formula is C13H29N3O. The molecule has 0 bridgehead atoms. The zero-order valence-corrected chi connectivity index (χ0v) is 11.9. The highest BCUT2D eigenvalue weighted by Crippen LogP contribution is 1.99. The van der Waals surface area contributed by atoms with E-state index in [1.165, 1.54) is 0 Å². The van der Waals surface area contributed by atoms with E-state index in [1.54, 1.807) is 0 Å². The minimum absolute atomic E-state index is 0.217. The predicted molar refractivity (Wildman–Crippen MR) is 72.5 cm³/mol. The summed E-state index contributed by atoms with van der Waals surface area (Å²) in [6.07, 6.45) is 0. The average molecular weight is 243 g/mol. The standard InChI is InChI=1S/C13H29N3O/c1-12(11-16-7-9-17-10-8-16)14-5-6-15-13(2,3)4/h12,14-15H,5-11H2,1-4H3. The molecule has 0 radical (unpaired) electrons. The Morgan fingerprint density at radius 2 is 1.82 bits per heavy atom. The zero-order valence-electron chi connectivity index (χ0n) is 11.9. The summed E-state index contributed by atoms with van der Waals surface area (Å²) < 4.78 is 5.35. The quantitative estimate of drug-likeness (QED) is 0.673. The van der Waals surface area contributed by atoms with Gasteiger partial charge in [0.05, 0.1) is 13.2 Å².